The van der Waals surface area contributed by atoms with Gasteiger partial charge in [0.05, 0.1) is 13.2 Å². The third kappa shape index (κ3) is 4.65. The number of esters is 1. The van der Waals surface area contributed by atoms with Crippen molar-refractivity contribution in [3.63, 3.8) is 0 Å². The Kier molecular flexibility index (Phi) is 5.36. The van der Waals surface area contributed by atoms with E-state index in [0.717, 1.165) is 19.3 Å². The molecule has 1 aliphatic heterocycles. The molecule has 104 valence electrons. The van der Waals surface area contributed by atoms with E-state index < -0.39 is 6.04 Å². The van der Waals surface area contributed by atoms with Gasteiger partial charge in [-0.3, -0.25) is 4.79 Å². The van der Waals surface area contributed by atoms with Crippen LogP contribution in [0.2, 0.25) is 0 Å². The van der Waals surface area contributed by atoms with Crippen LogP contribution < -0.4 is 5.73 Å². The highest BCUT2D eigenvalue weighted by molar-refractivity contribution is 5.75. The van der Waals surface area contributed by atoms with Crippen molar-refractivity contribution in [2.24, 2.45) is 5.73 Å². The van der Waals surface area contributed by atoms with Crippen LogP contribution in [0.4, 0.5) is 0 Å². The highest BCUT2D eigenvalue weighted by Gasteiger charge is 2.22. The van der Waals surface area contributed by atoms with Crippen molar-refractivity contribution >= 4 is 5.97 Å². The fourth-order valence-electron chi connectivity index (χ4n) is 2.13. The van der Waals surface area contributed by atoms with Crippen molar-refractivity contribution in [3.05, 3.63) is 35.9 Å². The van der Waals surface area contributed by atoms with Gasteiger partial charge in [0, 0.05) is 12.8 Å². The van der Waals surface area contributed by atoms with Gasteiger partial charge in [-0.2, -0.15) is 0 Å². The normalized spacial score (nSPS) is 17.9. The molecule has 1 fully saturated rings. The van der Waals surface area contributed by atoms with Crippen LogP contribution in [0.25, 0.3) is 0 Å². The van der Waals surface area contributed by atoms with Crippen molar-refractivity contribution in [3.8, 4) is 0 Å². The van der Waals surface area contributed by atoms with Gasteiger partial charge in [-0.25, -0.2) is 0 Å². The zero-order valence-corrected chi connectivity index (χ0v) is 11.1. The maximum absolute atomic E-state index is 11.8. The molecule has 4 heteroatoms. The van der Waals surface area contributed by atoms with Crippen LogP contribution in [0.1, 0.15) is 24.8 Å². The Bertz CT molecular complexity index is 388. The van der Waals surface area contributed by atoms with Gasteiger partial charge in [0.2, 0.25) is 0 Å². The summed E-state index contributed by atoms with van der Waals surface area (Å²) in [5.41, 5.74) is 7.07. The third-order valence-corrected chi connectivity index (χ3v) is 3.34. The van der Waals surface area contributed by atoms with Crippen LogP contribution in [-0.4, -0.2) is 31.3 Å². The lowest BCUT2D eigenvalue weighted by Gasteiger charge is -2.23. The monoisotopic (exact) mass is 263 g/mol. The van der Waals surface area contributed by atoms with Gasteiger partial charge in [0.15, 0.2) is 0 Å². The van der Waals surface area contributed by atoms with Crippen molar-refractivity contribution in [2.75, 3.05) is 13.2 Å². The number of benzene rings is 1. The minimum absolute atomic E-state index is 0.0241. The van der Waals surface area contributed by atoms with E-state index in [1.165, 1.54) is 5.56 Å². The molecule has 4 nitrogen and oxygen atoms in total. The first-order valence-electron chi connectivity index (χ1n) is 6.83. The molecule has 0 amide bonds. The van der Waals surface area contributed by atoms with Gasteiger partial charge in [-0.05, 0) is 18.4 Å². The third-order valence-electron chi connectivity index (χ3n) is 3.34. The predicted molar refractivity (Wildman–Crippen MR) is 72.7 cm³/mol. The first-order chi connectivity index (χ1) is 9.25. The van der Waals surface area contributed by atoms with Gasteiger partial charge in [0.1, 0.15) is 12.1 Å². The fourth-order valence-corrected chi connectivity index (χ4v) is 2.13. The molecule has 1 aromatic rings. The van der Waals surface area contributed by atoms with Crippen LogP contribution in [-0.2, 0) is 20.7 Å². The van der Waals surface area contributed by atoms with E-state index in [9.17, 15) is 4.79 Å². The van der Waals surface area contributed by atoms with E-state index in [2.05, 4.69) is 0 Å². The summed E-state index contributed by atoms with van der Waals surface area (Å²) in [6, 6.07) is 9.49. The minimum atomic E-state index is -0.539. The van der Waals surface area contributed by atoms with E-state index in [4.69, 9.17) is 15.2 Å². The van der Waals surface area contributed by atoms with Gasteiger partial charge < -0.3 is 15.2 Å². The molecule has 1 atom stereocenters. The van der Waals surface area contributed by atoms with Crippen LogP contribution in [0.3, 0.4) is 0 Å². The number of hydrogen-bond donors (Lipinski definition) is 1. The molecule has 0 saturated carbocycles. The minimum Gasteiger partial charge on any atom is -0.461 e. The second-order valence-corrected chi connectivity index (χ2v) is 4.88. The second kappa shape index (κ2) is 7.26. The molecule has 2 N–H and O–H groups in total. The summed E-state index contributed by atoms with van der Waals surface area (Å²) in [7, 11) is 0. The highest BCUT2D eigenvalue weighted by atomic mass is 16.6. The maximum atomic E-state index is 11.8. The van der Waals surface area contributed by atoms with E-state index in [0.29, 0.717) is 19.6 Å². The number of hydrogen-bond acceptors (Lipinski definition) is 4. The molecule has 1 heterocycles. The van der Waals surface area contributed by atoms with Crippen LogP contribution in [0.5, 0.6) is 0 Å². The molecule has 0 unspecified atom stereocenters. The summed E-state index contributed by atoms with van der Waals surface area (Å²) in [5.74, 6) is -0.289. The molecule has 1 aromatic carbocycles. The molecule has 1 aliphatic rings. The van der Waals surface area contributed by atoms with Crippen molar-refractivity contribution in [2.45, 2.75) is 37.8 Å². The Morgan fingerprint density at radius 1 is 1.32 bits per heavy atom. The Morgan fingerprint density at radius 3 is 2.68 bits per heavy atom. The van der Waals surface area contributed by atoms with Gasteiger partial charge in [0.25, 0.3) is 0 Å². The number of aryl methyl sites for hydroxylation is 1. The topological polar surface area (TPSA) is 61.6 Å². The molecule has 2 rings (SSSR count). The summed E-state index contributed by atoms with van der Waals surface area (Å²) < 4.78 is 10.6. The smallest absolute Gasteiger partial charge is 0.323 e. The summed E-state index contributed by atoms with van der Waals surface area (Å²) in [6.07, 6.45) is 2.94. The van der Waals surface area contributed by atoms with E-state index in [-0.39, 0.29) is 12.1 Å². The zero-order chi connectivity index (χ0) is 13.5. The average molecular weight is 263 g/mol. The largest absolute Gasteiger partial charge is 0.461 e. The van der Waals surface area contributed by atoms with Crippen LogP contribution >= 0.6 is 0 Å². The zero-order valence-electron chi connectivity index (χ0n) is 11.1. The van der Waals surface area contributed by atoms with Crippen molar-refractivity contribution in [1.82, 2.24) is 0 Å². The molecule has 0 radical (unpaired) electrons. The Hall–Kier alpha value is -1.39. The number of ether oxygens (including phenoxy) is 2. The lowest BCUT2D eigenvalue weighted by atomic mass is 10.1. The average Bonchev–Trinajstić information content (AvgIpc) is 2.47. The molecular formula is C15H21NO3. The Morgan fingerprint density at radius 2 is 2.00 bits per heavy atom. The SMILES string of the molecule is N[C@@H](CCc1ccccc1)C(=O)OC1CCOCC1. The molecular weight excluding hydrogens is 242 g/mol. The molecule has 1 saturated heterocycles. The lowest BCUT2D eigenvalue weighted by molar-refractivity contribution is -0.154. The first kappa shape index (κ1) is 14.0. The highest BCUT2D eigenvalue weighted by Crippen LogP contribution is 2.12. The molecule has 0 aromatic heterocycles. The first-order valence-corrected chi connectivity index (χ1v) is 6.83. The molecule has 0 aliphatic carbocycles. The summed E-state index contributed by atoms with van der Waals surface area (Å²) in [6.45, 7) is 1.33. The molecule has 0 bridgehead atoms. The second-order valence-electron chi connectivity index (χ2n) is 4.88. The fraction of sp³-hybridized carbons (Fsp3) is 0.533. The maximum Gasteiger partial charge on any atom is 0.323 e. The van der Waals surface area contributed by atoms with Crippen LogP contribution in [0, 0.1) is 0 Å². The number of rotatable bonds is 5. The number of nitrogens with two attached hydrogens (primary N) is 1. The standard InChI is InChI=1S/C15H21NO3/c16-14(7-6-12-4-2-1-3-5-12)15(17)19-13-8-10-18-11-9-13/h1-5,13-14H,6-11,16H2/t14-/m0/s1. The molecule has 19 heavy (non-hydrogen) atoms. The van der Waals surface area contributed by atoms with Crippen molar-refractivity contribution < 1.29 is 14.3 Å². The van der Waals surface area contributed by atoms with E-state index in [1.54, 1.807) is 0 Å². The van der Waals surface area contributed by atoms with Gasteiger partial charge in [-0.1, -0.05) is 30.3 Å². The Labute approximate surface area is 113 Å². The summed E-state index contributed by atoms with van der Waals surface area (Å²) in [4.78, 5) is 11.8. The molecule has 0 spiro atoms. The van der Waals surface area contributed by atoms with Gasteiger partial charge >= 0.3 is 5.97 Å². The predicted octanol–water partition coefficient (Wildman–Crippen LogP) is 1.67. The lowest BCUT2D eigenvalue weighted by Crippen LogP contribution is -2.37. The quantitative estimate of drug-likeness (QED) is 0.821. The van der Waals surface area contributed by atoms with E-state index in [1.807, 2.05) is 30.3 Å². The van der Waals surface area contributed by atoms with E-state index >= 15 is 0 Å². The van der Waals surface area contributed by atoms with Gasteiger partial charge in [-0.15, -0.1) is 0 Å². The Balaban J connectivity index is 1.72. The summed E-state index contributed by atoms with van der Waals surface area (Å²) in [5, 5.41) is 0. The number of carbonyl (C=O) groups is 1. The number of carbonyl (C=O) groups excluding carboxylic acids is 1. The summed E-state index contributed by atoms with van der Waals surface area (Å²) >= 11 is 0. The van der Waals surface area contributed by atoms with Crippen molar-refractivity contribution in [1.29, 1.82) is 0 Å². The van der Waals surface area contributed by atoms with Crippen LogP contribution in [0.15, 0.2) is 30.3 Å².